The van der Waals surface area contributed by atoms with E-state index in [0.717, 1.165) is 5.39 Å². The van der Waals surface area contributed by atoms with Crippen molar-refractivity contribution in [2.45, 2.75) is 12.8 Å². The predicted octanol–water partition coefficient (Wildman–Crippen LogP) is 3.97. The van der Waals surface area contributed by atoms with Gasteiger partial charge in [0.25, 0.3) is 0 Å². The van der Waals surface area contributed by atoms with Crippen LogP contribution in [0.4, 0.5) is 13.2 Å². The van der Waals surface area contributed by atoms with E-state index in [1.54, 1.807) is 12.1 Å². The lowest BCUT2D eigenvalue weighted by Gasteiger charge is -2.09. The largest absolute Gasteiger partial charge is 0.411 e. The Kier molecular flexibility index (Phi) is 3.73. The SMILES string of the molecule is FC(F)(F)COCc1cc2ccccc2nc1Cl. The lowest BCUT2D eigenvalue weighted by Crippen LogP contribution is -2.16. The predicted molar refractivity (Wildman–Crippen MR) is 62.5 cm³/mol. The van der Waals surface area contributed by atoms with Crippen molar-refractivity contribution in [1.82, 2.24) is 4.98 Å². The van der Waals surface area contributed by atoms with Crippen LogP contribution in [-0.4, -0.2) is 17.8 Å². The number of fused-ring (bicyclic) bond motifs is 1. The summed E-state index contributed by atoms with van der Waals surface area (Å²) in [5.74, 6) is 0. The van der Waals surface area contributed by atoms with Crippen LogP contribution in [0.15, 0.2) is 30.3 Å². The summed E-state index contributed by atoms with van der Waals surface area (Å²) in [6.45, 7) is -1.51. The molecule has 2 rings (SSSR count). The minimum Gasteiger partial charge on any atom is -0.367 e. The lowest BCUT2D eigenvalue weighted by atomic mass is 10.2. The molecule has 1 heterocycles. The Morgan fingerprint density at radius 3 is 2.67 bits per heavy atom. The third-order valence-corrected chi connectivity index (χ3v) is 2.60. The second-order valence-corrected chi connectivity index (χ2v) is 4.10. The highest BCUT2D eigenvalue weighted by Crippen LogP contribution is 2.22. The molecule has 2 aromatic rings. The van der Waals surface area contributed by atoms with Crippen LogP contribution >= 0.6 is 11.6 Å². The molecule has 2 nitrogen and oxygen atoms in total. The van der Waals surface area contributed by atoms with Gasteiger partial charge in [-0.3, -0.25) is 0 Å². The second kappa shape index (κ2) is 5.12. The van der Waals surface area contributed by atoms with E-state index in [4.69, 9.17) is 11.6 Å². The Balaban J connectivity index is 2.15. The van der Waals surface area contributed by atoms with Gasteiger partial charge in [0.1, 0.15) is 11.8 Å². The maximum absolute atomic E-state index is 11.9. The number of nitrogens with zero attached hydrogens (tertiary/aromatic N) is 1. The fourth-order valence-corrected chi connectivity index (χ4v) is 1.71. The van der Waals surface area contributed by atoms with Crippen molar-refractivity contribution in [3.63, 3.8) is 0 Å². The van der Waals surface area contributed by atoms with Crippen LogP contribution in [0.2, 0.25) is 5.15 Å². The van der Waals surface area contributed by atoms with E-state index in [1.165, 1.54) is 0 Å². The number of hydrogen-bond donors (Lipinski definition) is 0. The summed E-state index contributed by atoms with van der Waals surface area (Å²) in [6, 6.07) is 8.90. The summed E-state index contributed by atoms with van der Waals surface area (Å²) in [5, 5.41) is 0.975. The second-order valence-electron chi connectivity index (χ2n) is 3.74. The first-order valence-electron chi connectivity index (χ1n) is 5.14. The molecule has 0 fully saturated rings. The van der Waals surface area contributed by atoms with Gasteiger partial charge in [0.05, 0.1) is 12.1 Å². The highest BCUT2D eigenvalue weighted by molar-refractivity contribution is 6.30. The lowest BCUT2D eigenvalue weighted by molar-refractivity contribution is -0.176. The third-order valence-electron chi connectivity index (χ3n) is 2.27. The van der Waals surface area contributed by atoms with E-state index in [0.29, 0.717) is 11.1 Å². The van der Waals surface area contributed by atoms with Crippen LogP contribution in [0.5, 0.6) is 0 Å². The number of halogens is 4. The quantitative estimate of drug-likeness (QED) is 0.791. The molecule has 96 valence electrons. The first kappa shape index (κ1) is 13.1. The van der Waals surface area contributed by atoms with E-state index < -0.39 is 12.8 Å². The van der Waals surface area contributed by atoms with Crippen molar-refractivity contribution < 1.29 is 17.9 Å². The van der Waals surface area contributed by atoms with E-state index in [1.807, 2.05) is 18.2 Å². The standard InChI is InChI=1S/C12H9ClF3NO/c13-11-9(6-18-7-12(14,15)16)5-8-3-1-2-4-10(8)17-11/h1-5H,6-7H2. The van der Waals surface area contributed by atoms with Crippen LogP contribution in [-0.2, 0) is 11.3 Å². The zero-order chi connectivity index (χ0) is 13.2. The van der Waals surface area contributed by atoms with Gasteiger partial charge in [-0.1, -0.05) is 29.8 Å². The van der Waals surface area contributed by atoms with Gasteiger partial charge >= 0.3 is 6.18 Å². The third kappa shape index (κ3) is 3.34. The molecule has 1 aromatic carbocycles. The summed E-state index contributed by atoms with van der Waals surface area (Å²) in [5.41, 5.74) is 1.14. The smallest absolute Gasteiger partial charge is 0.367 e. The fraction of sp³-hybridized carbons (Fsp3) is 0.250. The van der Waals surface area contributed by atoms with Gasteiger partial charge in [0.15, 0.2) is 0 Å². The minimum absolute atomic E-state index is 0.163. The Morgan fingerprint density at radius 2 is 1.94 bits per heavy atom. The topological polar surface area (TPSA) is 22.1 Å². The number of alkyl halides is 3. The van der Waals surface area contributed by atoms with Crippen LogP contribution in [0, 0.1) is 0 Å². The Labute approximate surface area is 106 Å². The molecule has 0 N–H and O–H groups in total. The first-order valence-corrected chi connectivity index (χ1v) is 5.52. The molecular weight excluding hydrogens is 267 g/mol. The zero-order valence-electron chi connectivity index (χ0n) is 9.17. The molecule has 0 saturated heterocycles. The molecule has 1 aromatic heterocycles. The van der Waals surface area contributed by atoms with Crippen molar-refractivity contribution in [3.05, 3.63) is 41.0 Å². The first-order chi connectivity index (χ1) is 8.46. The number of benzene rings is 1. The summed E-state index contributed by atoms with van der Waals surface area (Å²) >= 11 is 5.88. The van der Waals surface area contributed by atoms with Gasteiger partial charge in [-0.25, -0.2) is 4.98 Å². The normalized spacial score (nSPS) is 12.0. The maximum Gasteiger partial charge on any atom is 0.411 e. The van der Waals surface area contributed by atoms with Gasteiger partial charge in [0, 0.05) is 10.9 Å². The van der Waals surface area contributed by atoms with Gasteiger partial charge in [-0.15, -0.1) is 0 Å². The molecule has 0 saturated carbocycles. The summed E-state index contributed by atoms with van der Waals surface area (Å²) in [7, 11) is 0. The molecule has 0 aliphatic rings. The highest BCUT2D eigenvalue weighted by atomic mass is 35.5. The van der Waals surface area contributed by atoms with Crippen LogP contribution in [0.25, 0.3) is 10.9 Å². The van der Waals surface area contributed by atoms with Gasteiger partial charge < -0.3 is 4.74 Å². The number of pyridine rings is 1. The molecule has 0 aliphatic carbocycles. The molecule has 6 heteroatoms. The average molecular weight is 276 g/mol. The van der Waals surface area contributed by atoms with Crippen molar-refractivity contribution >= 4 is 22.5 Å². The summed E-state index contributed by atoms with van der Waals surface area (Å²) in [4.78, 5) is 4.09. The van der Waals surface area contributed by atoms with Gasteiger partial charge in [-0.05, 0) is 12.1 Å². The average Bonchev–Trinajstić information content (AvgIpc) is 2.28. The summed E-state index contributed by atoms with van der Waals surface area (Å²) in [6.07, 6.45) is -4.34. The molecule has 0 bridgehead atoms. The molecule has 0 atom stereocenters. The molecule has 0 unspecified atom stereocenters. The Morgan fingerprint density at radius 1 is 1.22 bits per heavy atom. The van der Waals surface area contributed by atoms with Crippen LogP contribution in [0.1, 0.15) is 5.56 Å². The van der Waals surface area contributed by atoms with Crippen molar-refractivity contribution in [2.24, 2.45) is 0 Å². The van der Waals surface area contributed by atoms with Crippen molar-refractivity contribution in [2.75, 3.05) is 6.61 Å². The zero-order valence-corrected chi connectivity index (χ0v) is 9.92. The van der Waals surface area contributed by atoms with E-state index >= 15 is 0 Å². The monoisotopic (exact) mass is 275 g/mol. The molecule has 18 heavy (non-hydrogen) atoms. The maximum atomic E-state index is 11.9. The summed E-state index contributed by atoms with van der Waals surface area (Å²) < 4.78 is 40.4. The van der Waals surface area contributed by atoms with Crippen LogP contribution < -0.4 is 0 Å². The Bertz CT molecular complexity index is 557. The van der Waals surface area contributed by atoms with E-state index in [2.05, 4.69) is 9.72 Å². The molecule has 0 amide bonds. The molecule has 0 radical (unpaired) electrons. The van der Waals surface area contributed by atoms with Crippen molar-refractivity contribution in [3.8, 4) is 0 Å². The van der Waals surface area contributed by atoms with E-state index in [-0.39, 0.29) is 11.8 Å². The molecule has 0 spiro atoms. The fourth-order valence-electron chi connectivity index (χ4n) is 1.51. The minimum atomic E-state index is -4.34. The number of hydrogen-bond acceptors (Lipinski definition) is 2. The Hall–Kier alpha value is -1.33. The van der Waals surface area contributed by atoms with Crippen molar-refractivity contribution in [1.29, 1.82) is 0 Å². The van der Waals surface area contributed by atoms with Crippen LogP contribution in [0.3, 0.4) is 0 Å². The number of para-hydroxylation sites is 1. The van der Waals surface area contributed by atoms with Gasteiger partial charge in [0.2, 0.25) is 0 Å². The number of rotatable bonds is 3. The highest BCUT2D eigenvalue weighted by Gasteiger charge is 2.27. The number of ether oxygens (including phenoxy) is 1. The van der Waals surface area contributed by atoms with Gasteiger partial charge in [-0.2, -0.15) is 13.2 Å². The number of aromatic nitrogens is 1. The van der Waals surface area contributed by atoms with E-state index in [9.17, 15) is 13.2 Å². The molecule has 0 aliphatic heterocycles. The molecular formula is C12H9ClF3NO.